The van der Waals surface area contributed by atoms with Crippen LogP contribution in [0.3, 0.4) is 0 Å². The average Bonchev–Trinajstić information content (AvgIpc) is 2.60. The quantitative estimate of drug-likeness (QED) is 0.367. The van der Waals surface area contributed by atoms with Crippen LogP contribution in [-0.2, 0) is 53.7 Å². The SMILES string of the molecule is CC(=O)OC[C@H]1O[C@H]([S@](=O)CCC#N)[C@@H](OC(C)=O)[C@@H](OC(C)=O)[C@@H]1OC(C)=O. The van der Waals surface area contributed by atoms with E-state index in [1.54, 1.807) is 0 Å². The van der Waals surface area contributed by atoms with E-state index in [0.717, 1.165) is 27.7 Å². The summed E-state index contributed by atoms with van der Waals surface area (Å²) in [6.07, 6.45) is -5.28. The summed E-state index contributed by atoms with van der Waals surface area (Å²) in [7, 11) is -1.85. The number of rotatable bonds is 8. The monoisotopic (exact) mass is 433 g/mol. The Morgan fingerprint density at radius 3 is 1.90 bits per heavy atom. The van der Waals surface area contributed by atoms with Gasteiger partial charge in [0.05, 0.1) is 16.9 Å². The van der Waals surface area contributed by atoms with E-state index < -0.39 is 71.1 Å². The van der Waals surface area contributed by atoms with Crippen LogP contribution in [0.2, 0.25) is 0 Å². The van der Waals surface area contributed by atoms with Crippen LogP contribution < -0.4 is 0 Å². The summed E-state index contributed by atoms with van der Waals surface area (Å²) in [5.41, 5.74) is -1.32. The van der Waals surface area contributed by atoms with Crippen molar-refractivity contribution in [2.24, 2.45) is 0 Å². The van der Waals surface area contributed by atoms with Crippen molar-refractivity contribution in [3.63, 3.8) is 0 Å². The van der Waals surface area contributed by atoms with Crippen molar-refractivity contribution in [3.05, 3.63) is 0 Å². The molecule has 0 N–H and O–H groups in total. The van der Waals surface area contributed by atoms with E-state index in [1.807, 2.05) is 6.07 Å². The first-order valence-corrected chi connectivity index (χ1v) is 9.99. The molecular weight excluding hydrogens is 410 g/mol. The van der Waals surface area contributed by atoms with E-state index in [1.165, 1.54) is 0 Å². The van der Waals surface area contributed by atoms with E-state index in [9.17, 15) is 23.4 Å². The number of ether oxygens (including phenoxy) is 5. The third-order valence-corrected chi connectivity index (χ3v) is 5.13. The molecule has 1 fully saturated rings. The fourth-order valence-corrected chi connectivity index (χ4v) is 3.96. The average molecular weight is 433 g/mol. The smallest absolute Gasteiger partial charge is 0.303 e. The van der Waals surface area contributed by atoms with Gasteiger partial charge in [0.2, 0.25) is 0 Å². The zero-order valence-corrected chi connectivity index (χ0v) is 17.3. The molecule has 29 heavy (non-hydrogen) atoms. The summed E-state index contributed by atoms with van der Waals surface area (Å²) in [6.45, 7) is 4.03. The van der Waals surface area contributed by atoms with Crippen molar-refractivity contribution < 1.29 is 47.1 Å². The summed E-state index contributed by atoms with van der Waals surface area (Å²) in [4.78, 5) is 46.0. The van der Waals surface area contributed by atoms with Crippen molar-refractivity contribution in [1.82, 2.24) is 0 Å². The Bertz CT molecular complexity index is 703. The molecule has 0 aromatic rings. The Balaban J connectivity index is 3.35. The highest BCUT2D eigenvalue weighted by Crippen LogP contribution is 2.31. The van der Waals surface area contributed by atoms with Crippen molar-refractivity contribution in [2.75, 3.05) is 12.4 Å². The van der Waals surface area contributed by atoms with Gasteiger partial charge in [-0.15, -0.1) is 0 Å². The molecule has 12 heteroatoms. The van der Waals surface area contributed by atoms with Gasteiger partial charge in [-0.1, -0.05) is 0 Å². The van der Waals surface area contributed by atoms with Crippen LogP contribution in [0.15, 0.2) is 0 Å². The molecule has 1 aliphatic heterocycles. The van der Waals surface area contributed by atoms with Crippen LogP contribution in [0.5, 0.6) is 0 Å². The van der Waals surface area contributed by atoms with Gasteiger partial charge in [0.1, 0.15) is 12.7 Å². The summed E-state index contributed by atoms with van der Waals surface area (Å²) < 4.78 is 38.9. The lowest BCUT2D eigenvalue weighted by Gasteiger charge is -2.43. The van der Waals surface area contributed by atoms with Gasteiger partial charge < -0.3 is 23.7 Å². The molecule has 1 heterocycles. The summed E-state index contributed by atoms with van der Waals surface area (Å²) in [5, 5.41) is 8.74. The Labute approximate surface area is 170 Å². The molecule has 0 aliphatic carbocycles. The highest BCUT2D eigenvalue weighted by atomic mass is 32.2. The standard InChI is InChI=1S/C17H23NO10S/c1-9(19)24-8-13-14(25-10(2)20)15(26-11(3)21)16(27-12(4)22)17(28-13)29(23)7-5-6-18/h13-17H,5,7-8H2,1-4H3/t13-,14-,15+,16+,17-,29-/m1/s1. The van der Waals surface area contributed by atoms with E-state index in [4.69, 9.17) is 28.9 Å². The molecule has 1 aliphatic rings. The maximum Gasteiger partial charge on any atom is 0.303 e. The van der Waals surface area contributed by atoms with Crippen molar-refractivity contribution in [3.8, 4) is 6.07 Å². The molecule has 0 spiro atoms. The molecule has 0 amide bonds. The van der Waals surface area contributed by atoms with Crippen LogP contribution in [0.25, 0.3) is 0 Å². The molecule has 0 saturated carbocycles. The molecule has 0 bridgehead atoms. The highest BCUT2D eigenvalue weighted by molar-refractivity contribution is 7.85. The predicted molar refractivity (Wildman–Crippen MR) is 95.2 cm³/mol. The second-order valence-corrected chi connectivity index (χ2v) is 7.69. The Kier molecular flexibility index (Phi) is 9.70. The molecule has 0 unspecified atom stereocenters. The van der Waals surface area contributed by atoms with E-state index in [2.05, 4.69) is 0 Å². The Morgan fingerprint density at radius 1 is 0.897 bits per heavy atom. The minimum absolute atomic E-state index is 0.0700. The molecule has 6 atom stereocenters. The van der Waals surface area contributed by atoms with Gasteiger partial charge in [0.25, 0.3) is 0 Å². The molecular formula is C17H23NO10S. The second kappa shape index (κ2) is 11.5. The van der Waals surface area contributed by atoms with Gasteiger partial charge in [-0.05, 0) is 0 Å². The normalized spacial score (nSPS) is 27.1. The first-order chi connectivity index (χ1) is 13.6. The molecule has 11 nitrogen and oxygen atoms in total. The lowest BCUT2D eigenvalue weighted by molar-refractivity contribution is -0.238. The van der Waals surface area contributed by atoms with E-state index in [-0.39, 0.29) is 12.2 Å². The molecule has 0 radical (unpaired) electrons. The topological polar surface area (TPSA) is 155 Å². The summed E-state index contributed by atoms with van der Waals surface area (Å²) >= 11 is 0. The molecule has 1 rings (SSSR count). The summed E-state index contributed by atoms with van der Waals surface area (Å²) in [6, 6.07) is 1.84. The lowest BCUT2D eigenvalue weighted by Crippen LogP contribution is -2.63. The number of hydrogen-bond acceptors (Lipinski definition) is 11. The van der Waals surface area contributed by atoms with E-state index >= 15 is 0 Å². The zero-order valence-electron chi connectivity index (χ0n) is 16.4. The third-order valence-electron chi connectivity index (χ3n) is 3.62. The van der Waals surface area contributed by atoms with Gasteiger partial charge in [0.15, 0.2) is 23.7 Å². The van der Waals surface area contributed by atoms with Gasteiger partial charge >= 0.3 is 23.9 Å². The first kappa shape index (κ1) is 24.5. The van der Waals surface area contributed by atoms with Crippen LogP contribution in [0.1, 0.15) is 34.1 Å². The lowest BCUT2D eigenvalue weighted by atomic mass is 9.99. The maximum atomic E-state index is 12.7. The fourth-order valence-electron chi connectivity index (χ4n) is 2.66. The number of nitrogens with zero attached hydrogens (tertiary/aromatic N) is 1. The molecule has 0 aromatic carbocycles. The third kappa shape index (κ3) is 7.78. The number of carbonyl (C=O) groups is 4. The largest absolute Gasteiger partial charge is 0.463 e. The van der Waals surface area contributed by atoms with Gasteiger partial charge in [-0.3, -0.25) is 23.4 Å². The number of hydrogen-bond donors (Lipinski definition) is 0. The Morgan fingerprint density at radius 2 is 1.41 bits per heavy atom. The second-order valence-electron chi connectivity index (χ2n) is 6.06. The minimum atomic E-state index is -1.85. The van der Waals surface area contributed by atoms with Crippen molar-refractivity contribution in [2.45, 2.75) is 64.0 Å². The van der Waals surface area contributed by atoms with Gasteiger partial charge in [0, 0.05) is 39.9 Å². The van der Waals surface area contributed by atoms with Crippen LogP contribution in [0.4, 0.5) is 0 Å². The zero-order chi connectivity index (χ0) is 22.1. The van der Waals surface area contributed by atoms with Crippen LogP contribution in [0, 0.1) is 11.3 Å². The molecule has 1 saturated heterocycles. The summed E-state index contributed by atoms with van der Waals surface area (Å²) in [5.74, 6) is -3.07. The Hall–Kier alpha value is -2.52. The van der Waals surface area contributed by atoms with Crippen LogP contribution in [-0.4, -0.2) is 70.3 Å². The molecule has 162 valence electrons. The predicted octanol–water partition coefficient (Wildman–Crippen LogP) is -0.268. The van der Waals surface area contributed by atoms with E-state index in [0.29, 0.717) is 0 Å². The van der Waals surface area contributed by atoms with Crippen molar-refractivity contribution >= 4 is 34.7 Å². The minimum Gasteiger partial charge on any atom is -0.463 e. The number of esters is 4. The van der Waals surface area contributed by atoms with Crippen LogP contribution >= 0.6 is 0 Å². The van der Waals surface area contributed by atoms with Crippen molar-refractivity contribution in [1.29, 1.82) is 5.26 Å². The number of carbonyl (C=O) groups excluding carboxylic acids is 4. The first-order valence-electron chi connectivity index (χ1n) is 8.61. The molecule has 0 aromatic heterocycles. The maximum absolute atomic E-state index is 12.7. The van der Waals surface area contributed by atoms with Gasteiger partial charge in [-0.25, -0.2) is 0 Å². The van der Waals surface area contributed by atoms with Gasteiger partial charge in [-0.2, -0.15) is 5.26 Å². The number of nitriles is 1. The highest BCUT2D eigenvalue weighted by Gasteiger charge is 2.53. The fraction of sp³-hybridized carbons (Fsp3) is 0.706.